The van der Waals surface area contributed by atoms with Gasteiger partial charge in [0, 0.05) is 10.0 Å². The Morgan fingerprint density at radius 3 is 1.97 bits per heavy atom. The van der Waals surface area contributed by atoms with Crippen molar-refractivity contribution in [2.75, 3.05) is 9.80 Å². The fourth-order valence-corrected chi connectivity index (χ4v) is 4.98. The summed E-state index contributed by atoms with van der Waals surface area (Å²) in [5, 5.41) is 0.0970. The maximum Gasteiger partial charge on any atom is 0.270 e. The summed E-state index contributed by atoms with van der Waals surface area (Å²) < 4.78 is 6.94. The van der Waals surface area contributed by atoms with Gasteiger partial charge < -0.3 is 4.74 Å². The molecule has 1 saturated heterocycles. The van der Waals surface area contributed by atoms with E-state index in [0.717, 1.165) is 15.6 Å². The highest BCUT2D eigenvalue weighted by atomic mass is 79.9. The van der Waals surface area contributed by atoms with Gasteiger partial charge in [0.2, 0.25) is 0 Å². The summed E-state index contributed by atoms with van der Waals surface area (Å²) in [4.78, 5) is 30.4. The summed E-state index contributed by atoms with van der Waals surface area (Å²) in [5.74, 6) is -0.445. The van der Waals surface area contributed by atoms with Crippen LogP contribution in [0.25, 0.3) is 6.08 Å². The lowest BCUT2D eigenvalue weighted by Gasteiger charge is -2.36. The fourth-order valence-electron chi connectivity index (χ4n) is 4.22. The van der Waals surface area contributed by atoms with Crippen molar-refractivity contribution in [3.05, 3.63) is 130 Å². The van der Waals surface area contributed by atoms with Crippen molar-refractivity contribution in [2.45, 2.75) is 13.5 Å². The predicted octanol–water partition coefficient (Wildman–Crippen LogP) is 7.08. The SMILES string of the molecule is Cc1cccc(COc2ccc(Br)cc2C=C2C(=O)N(c3ccccc3)C(=S)N(c3ccccc3)C2=O)c1. The molecule has 1 aliphatic rings. The molecule has 1 aliphatic heterocycles. The highest BCUT2D eigenvalue weighted by Gasteiger charge is 2.41. The third-order valence-corrected chi connectivity index (χ3v) is 6.89. The maximum atomic E-state index is 13.8. The predicted molar refractivity (Wildman–Crippen MR) is 158 cm³/mol. The largest absolute Gasteiger partial charge is 0.488 e. The highest BCUT2D eigenvalue weighted by molar-refractivity contribution is 9.10. The molecule has 1 heterocycles. The molecule has 0 bridgehead atoms. The first-order chi connectivity index (χ1) is 18.4. The van der Waals surface area contributed by atoms with Crippen LogP contribution in [-0.4, -0.2) is 16.9 Å². The lowest BCUT2D eigenvalue weighted by atomic mass is 10.0. The molecule has 2 amide bonds. The molecule has 0 aromatic heterocycles. The van der Waals surface area contributed by atoms with Gasteiger partial charge in [0.05, 0.1) is 11.4 Å². The van der Waals surface area contributed by atoms with Crippen LogP contribution in [0.15, 0.2) is 113 Å². The third kappa shape index (κ3) is 5.30. The van der Waals surface area contributed by atoms with Gasteiger partial charge in [0.25, 0.3) is 11.8 Å². The fraction of sp³-hybridized carbons (Fsp3) is 0.0645. The number of aryl methyl sites for hydroxylation is 1. The molecule has 0 atom stereocenters. The normalized spacial score (nSPS) is 13.6. The molecule has 1 fully saturated rings. The molecule has 0 radical (unpaired) electrons. The Morgan fingerprint density at radius 2 is 1.39 bits per heavy atom. The molecule has 0 unspecified atom stereocenters. The lowest BCUT2D eigenvalue weighted by molar-refractivity contribution is -0.120. The van der Waals surface area contributed by atoms with Gasteiger partial charge in [-0.2, -0.15) is 0 Å². The first kappa shape index (κ1) is 25.6. The van der Waals surface area contributed by atoms with Gasteiger partial charge in [-0.05, 0) is 73.2 Å². The number of carbonyl (C=O) groups excluding carboxylic acids is 2. The smallest absolute Gasteiger partial charge is 0.270 e. The van der Waals surface area contributed by atoms with E-state index in [9.17, 15) is 9.59 Å². The number of hydrogen-bond acceptors (Lipinski definition) is 4. The van der Waals surface area contributed by atoms with Crippen molar-refractivity contribution < 1.29 is 14.3 Å². The van der Waals surface area contributed by atoms with Crippen molar-refractivity contribution in [1.82, 2.24) is 0 Å². The molecular formula is C31H23BrN2O3S. The van der Waals surface area contributed by atoms with E-state index in [1.54, 1.807) is 30.3 Å². The number of para-hydroxylation sites is 2. The molecule has 4 aromatic carbocycles. The number of carbonyl (C=O) groups is 2. The van der Waals surface area contributed by atoms with Crippen LogP contribution in [0.4, 0.5) is 11.4 Å². The van der Waals surface area contributed by atoms with Gasteiger partial charge in [0.1, 0.15) is 17.9 Å². The molecule has 0 N–H and O–H groups in total. The Labute approximate surface area is 235 Å². The van der Waals surface area contributed by atoms with Crippen LogP contribution in [0, 0.1) is 6.92 Å². The van der Waals surface area contributed by atoms with Crippen LogP contribution in [0.3, 0.4) is 0 Å². The van der Waals surface area contributed by atoms with Crippen molar-refractivity contribution in [2.24, 2.45) is 0 Å². The Bertz CT molecular complexity index is 1490. The van der Waals surface area contributed by atoms with Crippen LogP contribution >= 0.6 is 28.1 Å². The van der Waals surface area contributed by atoms with Gasteiger partial charge in [-0.3, -0.25) is 19.4 Å². The standard InChI is InChI=1S/C31H23BrN2O3S/c1-21-9-8-10-22(17-21)20-37-28-16-15-24(32)18-23(28)19-27-29(35)33(25-11-4-2-5-12-25)31(38)34(30(27)36)26-13-6-3-7-14-26/h2-19H,20H2,1H3. The quantitative estimate of drug-likeness (QED) is 0.138. The van der Waals surface area contributed by atoms with Crippen molar-refractivity contribution in [3.8, 4) is 5.75 Å². The van der Waals surface area contributed by atoms with Crippen LogP contribution in [0.5, 0.6) is 5.75 Å². The summed E-state index contributed by atoms with van der Waals surface area (Å²) in [7, 11) is 0. The van der Waals surface area contributed by atoms with Crippen LogP contribution in [0.2, 0.25) is 0 Å². The van der Waals surface area contributed by atoms with Gasteiger partial charge in [0.15, 0.2) is 5.11 Å². The molecule has 0 saturated carbocycles. The van der Waals surface area contributed by atoms with Gasteiger partial charge in [-0.1, -0.05) is 82.2 Å². The molecule has 0 spiro atoms. The number of hydrogen-bond donors (Lipinski definition) is 0. The summed E-state index contributed by atoms with van der Waals surface area (Å²) in [6, 6.07) is 31.7. The molecule has 4 aromatic rings. The third-order valence-electron chi connectivity index (χ3n) is 6.03. The van der Waals surface area contributed by atoms with Crippen LogP contribution < -0.4 is 14.5 Å². The molecule has 7 heteroatoms. The number of amides is 2. The van der Waals surface area contributed by atoms with Gasteiger partial charge in [-0.25, -0.2) is 0 Å². The zero-order valence-electron chi connectivity index (χ0n) is 20.5. The first-order valence-electron chi connectivity index (χ1n) is 11.9. The number of halogens is 1. The van der Waals surface area contributed by atoms with Crippen LogP contribution in [-0.2, 0) is 16.2 Å². The topological polar surface area (TPSA) is 49.9 Å². The maximum absolute atomic E-state index is 13.8. The molecule has 5 rings (SSSR count). The van der Waals surface area contributed by atoms with E-state index in [4.69, 9.17) is 17.0 Å². The van der Waals surface area contributed by atoms with Crippen molar-refractivity contribution >= 4 is 62.5 Å². The minimum Gasteiger partial charge on any atom is -0.488 e. The summed E-state index contributed by atoms with van der Waals surface area (Å²) in [6.45, 7) is 2.37. The van der Waals surface area contributed by atoms with E-state index in [-0.39, 0.29) is 10.7 Å². The first-order valence-corrected chi connectivity index (χ1v) is 13.1. The average molecular weight is 584 g/mol. The number of anilines is 2. The lowest BCUT2D eigenvalue weighted by Crippen LogP contribution is -2.56. The number of rotatable bonds is 6. The minimum atomic E-state index is -0.497. The second-order valence-corrected chi connectivity index (χ2v) is 10.0. The van der Waals surface area contributed by atoms with E-state index < -0.39 is 11.8 Å². The Balaban J connectivity index is 1.58. The van der Waals surface area contributed by atoms with Crippen LogP contribution in [0.1, 0.15) is 16.7 Å². The average Bonchev–Trinajstić information content (AvgIpc) is 2.92. The number of ether oxygens (including phenoxy) is 1. The van der Waals surface area contributed by atoms with Gasteiger partial charge >= 0.3 is 0 Å². The molecule has 5 nitrogen and oxygen atoms in total. The summed E-state index contributed by atoms with van der Waals surface area (Å²) in [6.07, 6.45) is 1.58. The zero-order chi connectivity index (χ0) is 26.6. The molecule has 38 heavy (non-hydrogen) atoms. The second-order valence-electron chi connectivity index (χ2n) is 8.75. The van der Waals surface area contributed by atoms with Crippen molar-refractivity contribution in [1.29, 1.82) is 0 Å². The van der Waals surface area contributed by atoms with E-state index in [1.807, 2.05) is 79.7 Å². The highest BCUT2D eigenvalue weighted by Crippen LogP contribution is 2.32. The number of thiocarbonyl (C=S) groups is 1. The summed E-state index contributed by atoms with van der Waals surface area (Å²) >= 11 is 9.20. The summed E-state index contributed by atoms with van der Waals surface area (Å²) in [5.41, 5.74) is 3.88. The van der Waals surface area contributed by atoms with Crippen molar-refractivity contribution in [3.63, 3.8) is 0 Å². The van der Waals surface area contributed by atoms with E-state index in [2.05, 4.69) is 22.0 Å². The Morgan fingerprint density at radius 1 is 0.789 bits per heavy atom. The monoisotopic (exact) mass is 582 g/mol. The number of nitrogens with zero attached hydrogens (tertiary/aromatic N) is 2. The molecule has 188 valence electrons. The number of benzene rings is 4. The van der Waals surface area contributed by atoms with Gasteiger partial charge in [-0.15, -0.1) is 0 Å². The van der Waals surface area contributed by atoms with E-state index in [0.29, 0.717) is 29.3 Å². The van der Waals surface area contributed by atoms with E-state index >= 15 is 0 Å². The minimum absolute atomic E-state index is 0.0233. The van der Waals surface area contributed by atoms with E-state index in [1.165, 1.54) is 9.80 Å². The second kappa shape index (κ2) is 11.1. The Hall–Kier alpha value is -4.07. The molecule has 0 aliphatic carbocycles. The zero-order valence-corrected chi connectivity index (χ0v) is 22.9. The molecular weight excluding hydrogens is 560 g/mol. The Kier molecular flexibility index (Phi) is 7.49.